The first-order chi connectivity index (χ1) is 20.7. The molecule has 0 radical (unpaired) electrons. The third kappa shape index (κ3) is 7.05. The lowest BCUT2D eigenvalue weighted by molar-refractivity contribution is -0.137. The molecule has 13 heteroatoms. The minimum Gasteiger partial charge on any atom is -0.382 e. The van der Waals surface area contributed by atoms with Crippen LogP contribution in [0, 0.1) is 6.92 Å². The number of imidazole rings is 1. The van der Waals surface area contributed by atoms with Gasteiger partial charge in [-0.2, -0.15) is 13.2 Å². The van der Waals surface area contributed by atoms with Crippen molar-refractivity contribution in [1.29, 1.82) is 0 Å². The van der Waals surface area contributed by atoms with E-state index in [1.807, 2.05) is 19.1 Å². The lowest BCUT2D eigenvalue weighted by atomic mass is 10.0. The molecule has 0 atom stereocenters. The number of aryl methyl sites for hydroxylation is 1. The van der Waals surface area contributed by atoms with Crippen LogP contribution in [0.2, 0.25) is 0 Å². The summed E-state index contributed by atoms with van der Waals surface area (Å²) in [6.45, 7) is 3.46. The third-order valence-electron chi connectivity index (χ3n) is 7.44. The smallest absolute Gasteiger partial charge is 0.382 e. The molecule has 2 aromatic carbocycles. The highest BCUT2D eigenvalue weighted by atomic mass is 19.4. The number of benzene rings is 2. The topological polar surface area (TPSA) is 121 Å². The Hall–Kier alpha value is -4.65. The van der Waals surface area contributed by atoms with Crippen LogP contribution in [-0.4, -0.2) is 50.6 Å². The maximum Gasteiger partial charge on any atom is 0.416 e. The quantitative estimate of drug-likeness (QED) is 0.168. The Morgan fingerprint density at radius 2 is 1.72 bits per heavy atom. The molecule has 0 unspecified atom stereocenters. The molecule has 10 nitrogen and oxygen atoms in total. The fraction of sp³-hybridized carbons (Fsp3) is 0.333. The molecule has 43 heavy (non-hydrogen) atoms. The van der Waals surface area contributed by atoms with E-state index < -0.39 is 17.6 Å². The third-order valence-corrected chi connectivity index (χ3v) is 7.44. The summed E-state index contributed by atoms with van der Waals surface area (Å²) in [5.74, 6) is 1.21. The number of amides is 1. The maximum atomic E-state index is 13.7. The van der Waals surface area contributed by atoms with Gasteiger partial charge in [-0.05, 0) is 81.6 Å². The first-order valence-corrected chi connectivity index (χ1v) is 14.2. The molecule has 4 aromatic rings. The molecule has 3 heterocycles. The van der Waals surface area contributed by atoms with Gasteiger partial charge in [-0.1, -0.05) is 6.07 Å². The van der Waals surface area contributed by atoms with Crippen molar-refractivity contribution in [2.75, 3.05) is 34.4 Å². The molecule has 6 rings (SSSR count). The van der Waals surface area contributed by atoms with Crippen molar-refractivity contribution >= 4 is 34.7 Å². The van der Waals surface area contributed by atoms with Crippen LogP contribution in [0.1, 0.15) is 47.2 Å². The van der Waals surface area contributed by atoms with Gasteiger partial charge in [-0.3, -0.25) is 9.36 Å². The highest BCUT2D eigenvalue weighted by Crippen LogP contribution is 2.33. The standard InChI is InChI=1S/C30H32F3N9O/c1-18-2-3-23(15-25(18)41-29-35-10-11-42(29)27-16-26(36-17-37-27)39-21-4-5-21)40-28(43)19-12-20(30(31,32)33)14-24(13-19)38-22-6-8-34-9-7-22/h2-3,10-17,21-22,34,38H,4-9H2,1H3,(H,35,41)(H,40,43)(H,36,37,39). The van der Waals surface area contributed by atoms with Crippen LogP contribution >= 0.6 is 0 Å². The Morgan fingerprint density at radius 1 is 0.930 bits per heavy atom. The lowest BCUT2D eigenvalue weighted by Gasteiger charge is -2.25. The summed E-state index contributed by atoms with van der Waals surface area (Å²) in [7, 11) is 0. The van der Waals surface area contributed by atoms with Crippen LogP contribution in [0.15, 0.2) is 61.2 Å². The highest BCUT2D eigenvalue weighted by molar-refractivity contribution is 6.05. The Morgan fingerprint density at radius 3 is 2.49 bits per heavy atom. The molecule has 0 spiro atoms. The number of alkyl halides is 3. The number of anilines is 5. The number of nitrogens with zero attached hydrogens (tertiary/aromatic N) is 4. The highest BCUT2D eigenvalue weighted by Gasteiger charge is 2.32. The number of hydrogen-bond donors (Lipinski definition) is 5. The van der Waals surface area contributed by atoms with Crippen molar-refractivity contribution in [1.82, 2.24) is 24.8 Å². The van der Waals surface area contributed by atoms with Crippen molar-refractivity contribution in [2.24, 2.45) is 0 Å². The first kappa shape index (κ1) is 28.5. The molecule has 0 bridgehead atoms. The molecule has 5 N–H and O–H groups in total. The Bertz CT molecular complexity index is 1610. The number of carbonyl (C=O) groups is 1. The molecule has 2 aromatic heterocycles. The SMILES string of the molecule is Cc1ccc(NC(=O)c2cc(NC3CCNCC3)cc(C(F)(F)F)c2)cc1Nc1nccn1-c1cc(NC2CC2)ncn1. The zero-order chi connectivity index (χ0) is 30.0. The van der Waals surface area contributed by atoms with Gasteiger partial charge in [0.25, 0.3) is 5.91 Å². The zero-order valence-electron chi connectivity index (χ0n) is 23.5. The van der Waals surface area contributed by atoms with Crippen LogP contribution in [0.3, 0.4) is 0 Å². The van der Waals surface area contributed by atoms with Crippen LogP contribution in [-0.2, 0) is 6.18 Å². The van der Waals surface area contributed by atoms with Gasteiger partial charge in [-0.25, -0.2) is 15.0 Å². The molecule has 224 valence electrons. The van der Waals surface area contributed by atoms with Crippen LogP contribution in [0.4, 0.5) is 42.0 Å². The number of rotatable bonds is 9. The second-order valence-electron chi connectivity index (χ2n) is 10.9. The van der Waals surface area contributed by atoms with Crippen LogP contribution in [0.25, 0.3) is 5.82 Å². The van der Waals surface area contributed by atoms with E-state index in [0.29, 0.717) is 29.2 Å². The van der Waals surface area contributed by atoms with Gasteiger partial charge < -0.3 is 26.6 Å². The van der Waals surface area contributed by atoms with E-state index in [-0.39, 0.29) is 17.3 Å². The van der Waals surface area contributed by atoms with Gasteiger partial charge in [0.1, 0.15) is 18.0 Å². The lowest BCUT2D eigenvalue weighted by Crippen LogP contribution is -2.35. The second-order valence-corrected chi connectivity index (χ2v) is 10.9. The van der Waals surface area contributed by atoms with Crippen molar-refractivity contribution in [3.8, 4) is 5.82 Å². The van der Waals surface area contributed by atoms with Crippen molar-refractivity contribution in [2.45, 2.75) is 50.9 Å². The maximum absolute atomic E-state index is 13.7. The normalized spacial score (nSPS) is 15.6. The van der Waals surface area contributed by atoms with E-state index in [2.05, 4.69) is 41.5 Å². The van der Waals surface area contributed by atoms with E-state index >= 15 is 0 Å². The number of halogens is 3. The number of aromatic nitrogens is 4. The van der Waals surface area contributed by atoms with E-state index in [1.165, 1.54) is 12.4 Å². The van der Waals surface area contributed by atoms with Gasteiger partial charge in [0, 0.05) is 53.2 Å². The molecular formula is C30H32F3N9O. The molecular weight excluding hydrogens is 559 g/mol. The Kier molecular flexibility index (Phi) is 7.89. The predicted octanol–water partition coefficient (Wildman–Crippen LogP) is 5.72. The van der Waals surface area contributed by atoms with Gasteiger partial charge in [0.2, 0.25) is 5.95 Å². The number of nitrogens with one attached hydrogen (secondary N) is 5. The van der Waals surface area contributed by atoms with Crippen molar-refractivity contribution < 1.29 is 18.0 Å². The zero-order valence-corrected chi connectivity index (χ0v) is 23.5. The minimum absolute atomic E-state index is 0.0299. The van der Waals surface area contributed by atoms with Crippen molar-refractivity contribution in [3.63, 3.8) is 0 Å². The van der Waals surface area contributed by atoms with E-state index in [0.717, 1.165) is 62.3 Å². The molecule has 2 aliphatic rings. The monoisotopic (exact) mass is 591 g/mol. The molecule has 1 aliphatic carbocycles. The minimum atomic E-state index is -4.60. The summed E-state index contributed by atoms with van der Waals surface area (Å²) in [6.07, 6.45) is 4.11. The second kappa shape index (κ2) is 11.9. The molecule has 2 fully saturated rings. The average Bonchev–Trinajstić information content (AvgIpc) is 3.68. The fourth-order valence-electron chi connectivity index (χ4n) is 4.94. The Labute approximate surface area is 246 Å². The summed E-state index contributed by atoms with van der Waals surface area (Å²) < 4.78 is 43.0. The van der Waals surface area contributed by atoms with Crippen molar-refractivity contribution in [3.05, 3.63) is 77.9 Å². The largest absolute Gasteiger partial charge is 0.416 e. The number of piperidine rings is 1. The van der Waals surface area contributed by atoms with Gasteiger partial charge in [-0.15, -0.1) is 0 Å². The van der Waals surface area contributed by atoms with E-state index in [4.69, 9.17) is 0 Å². The van der Waals surface area contributed by atoms with E-state index in [1.54, 1.807) is 29.1 Å². The first-order valence-electron chi connectivity index (χ1n) is 14.2. The molecule has 1 amide bonds. The van der Waals surface area contributed by atoms with E-state index in [9.17, 15) is 18.0 Å². The summed E-state index contributed by atoms with van der Waals surface area (Å²) in [5.41, 5.74) is 1.25. The van der Waals surface area contributed by atoms with Gasteiger partial charge in [0.05, 0.1) is 5.56 Å². The van der Waals surface area contributed by atoms with Gasteiger partial charge >= 0.3 is 6.18 Å². The fourth-order valence-corrected chi connectivity index (χ4v) is 4.94. The average molecular weight is 592 g/mol. The summed E-state index contributed by atoms with van der Waals surface area (Å²) in [4.78, 5) is 26.3. The number of carbonyl (C=O) groups excluding carboxylic acids is 1. The molecule has 1 saturated heterocycles. The summed E-state index contributed by atoms with van der Waals surface area (Å²) in [5, 5.41) is 15.8. The molecule has 1 aliphatic heterocycles. The summed E-state index contributed by atoms with van der Waals surface area (Å²) in [6, 6.07) is 10.9. The summed E-state index contributed by atoms with van der Waals surface area (Å²) >= 11 is 0. The van der Waals surface area contributed by atoms with Crippen LogP contribution in [0.5, 0.6) is 0 Å². The molecule has 1 saturated carbocycles. The number of hydrogen-bond acceptors (Lipinski definition) is 8. The predicted molar refractivity (Wildman–Crippen MR) is 159 cm³/mol. The van der Waals surface area contributed by atoms with Crippen LogP contribution < -0.4 is 26.6 Å². The Balaban J connectivity index is 1.21. The van der Waals surface area contributed by atoms with Gasteiger partial charge in [0.15, 0.2) is 0 Å².